The highest BCUT2D eigenvalue weighted by Gasteiger charge is 2.67. The Balaban J connectivity index is 1.77. The van der Waals surface area contributed by atoms with Gasteiger partial charge in [-0.1, -0.05) is 116 Å². The summed E-state index contributed by atoms with van der Waals surface area (Å²) in [5.74, 6) is 1.08. The molecule has 5 nitrogen and oxygen atoms in total. The van der Waals surface area contributed by atoms with E-state index in [4.69, 9.17) is 13.6 Å². The Kier molecular flexibility index (Phi) is 14.1. The molecule has 0 aromatic heterocycles. The number of halogens is 1. The van der Waals surface area contributed by atoms with E-state index in [1.807, 2.05) is 0 Å². The Morgan fingerprint density at radius 1 is 0.920 bits per heavy atom. The Morgan fingerprint density at radius 2 is 1.48 bits per heavy atom. The summed E-state index contributed by atoms with van der Waals surface area (Å²) in [6, 6.07) is 6.54. The molecule has 0 N–H and O–H groups in total. The number of esters is 1. The van der Waals surface area contributed by atoms with Crippen molar-refractivity contribution in [2.24, 2.45) is 39.4 Å². The van der Waals surface area contributed by atoms with Gasteiger partial charge in [-0.2, -0.15) is 0 Å². The van der Waals surface area contributed by atoms with E-state index in [1.54, 1.807) is 6.08 Å². The van der Waals surface area contributed by atoms with Crippen LogP contribution in [0.2, 0.25) is 36.3 Å². The zero-order chi connectivity index (χ0) is 37.2. The van der Waals surface area contributed by atoms with Crippen LogP contribution in [0.25, 0.3) is 0 Å². The summed E-state index contributed by atoms with van der Waals surface area (Å²) in [5, 5.41) is 0. The standard InChI is InChI=1S/C42H73IO5Si2/c1-12-27-46-38(45)42(26-21-31(8)43)29-32-19-20-34-39(9,33(32)28-37(42)48-50(16-5,17-6)18-7)24-22-35-40(34,10)25-23-36(41(35,11)30-44)47-49(13-2,14-3)15-4/h12,19,30-31,33-37H,1,13-18,20-29H2,2-11H3/t31-,33?,34?,35?,36?,37?,39?,40?,41?,42-/m1/s1. The van der Waals surface area contributed by atoms with E-state index in [-0.39, 0.29) is 35.6 Å². The molecule has 0 bridgehead atoms. The molecule has 0 amide bonds. The third-order valence-corrected chi connectivity index (χ3v) is 25.8. The van der Waals surface area contributed by atoms with E-state index in [2.05, 4.69) is 104 Å². The number of allylic oxidation sites excluding steroid dienone is 2. The lowest BCUT2D eigenvalue weighted by molar-refractivity contribution is -0.190. The maximum atomic E-state index is 14.4. The Hall–Kier alpha value is -0.296. The van der Waals surface area contributed by atoms with E-state index < -0.39 is 27.5 Å². The van der Waals surface area contributed by atoms with Gasteiger partial charge in [-0.15, -0.1) is 0 Å². The van der Waals surface area contributed by atoms with Crippen molar-refractivity contribution in [3.8, 4) is 0 Å². The van der Waals surface area contributed by atoms with E-state index in [9.17, 15) is 9.59 Å². The first kappa shape index (κ1) is 42.4. The van der Waals surface area contributed by atoms with Crippen LogP contribution in [-0.2, 0) is 23.2 Å². The molecule has 0 aromatic rings. The molecule has 10 atom stereocenters. The summed E-state index contributed by atoms with van der Waals surface area (Å²) in [5.41, 5.74) is 0.471. The molecule has 4 aliphatic carbocycles. The van der Waals surface area contributed by atoms with Crippen molar-refractivity contribution in [2.75, 3.05) is 6.61 Å². The lowest BCUT2D eigenvalue weighted by atomic mass is 9.38. The largest absolute Gasteiger partial charge is 0.461 e. The third kappa shape index (κ3) is 7.38. The van der Waals surface area contributed by atoms with Gasteiger partial charge >= 0.3 is 5.97 Å². The predicted octanol–water partition coefficient (Wildman–Crippen LogP) is 11.9. The van der Waals surface area contributed by atoms with Gasteiger partial charge in [0.25, 0.3) is 0 Å². The molecule has 3 saturated carbocycles. The highest BCUT2D eigenvalue weighted by atomic mass is 127. The summed E-state index contributed by atoms with van der Waals surface area (Å²) in [6.45, 7) is 27.5. The van der Waals surface area contributed by atoms with Crippen LogP contribution >= 0.6 is 22.6 Å². The molecule has 3 fully saturated rings. The molecule has 0 heterocycles. The molecule has 0 aromatic carbocycles. The number of fused-ring (bicyclic) bond motifs is 5. The third-order valence-electron chi connectivity index (χ3n) is 15.8. The molecule has 4 aliphatic rings. The van der Waals surface area contributed by atoms with Crippen LogP contribution in [0.5, 0.6) is 0 Å². The molecule has 8 heteroatoms. The lowest BCUT2D eigenvalue weighted by Gasteiger charge is -2.67. The minimum atomic E-state index is -2.05. The molecule has 0 spiro atoms. The minimum Gasteiger partial charge on any atom is -0.461 e. The van der Waals surface area contributed by atoms with Gasteiger partial charge in [0.15, 0.2) is 16.6 Å². The van der Waals surface area contributed by atoms with Gasteiger partial charge in [-0.05, 0) is 123 Å². The summed E-state index contributed by atoms with van der Waals surface area (Å²) >= 11 is 2.51. The van der Waals surface area contributed by atoms with Gasteiger partial charge in [0.1, 0.15) is 12.9 Å². The molecule has 50 heavy (non-hydrogen) atoms. The molecular formula is C42H73IO5Si2. The van der Waals surface area contributed by atoms with E-state index in [1.165, 1.54) is 11.9 Å². The van der Waals surface area contributed by atoms with Crippen LogP contribution in [-0.4, -0.2) is 51.6 Å². The number of hydrogen-bond acceptors (Lipinski definition) is 5. The predicted molar refractivity (Wildman–Crippen MR) is 222 cm³/mol. The number of carbonyl (C=O) groups excluding carboxylic acids is 2. The van der Waals surface area contributed by atoms with Gasteiger partial charge in [0.05, 0.1) is 23.0 Å². The van der Waals surface area contributed by atoms with Gasteiger partial charge in [-0.3, -0.25) is 4.79 Å². The zero-order valence-electron chi connectivity index (χ0n) is 33.6. The van der Waals surface area contributed by atoms with Crippen LogP contribution in [0.4, 0.5) is 0 Å². The summed E-state index contributed by atoms with van der Waals surface area (Å²) in [4.78, 5) is 27.8. The molecule has 0 radical (unpaired) electrons. The van der Waals surface area contributed by atoms with Crippen molar-refractivity contribution in [3.05, 3.63) is 24.3 Å². The van der Waals surface area contributed by atoms with Crippen molar-refractivity contribution in [3.63, 3.8) is 0 Å². The van der Waals surface area contributed by atoms with Crippen molar-refractivity contribution in [1.82, 2.24) is 0 Å². The van der Waals surface area contributed by atoms with Crippen LogP contribution < -0.4 is 0 Å². The molecular weight excluding hydrogens is 768 g/mol. The Labute approximate surface area is 322 Å². The van der Waals surface area contributed by atoms with E-state index in [0.29, 0.717) is 21.7 Å². The van der Waals surface area contributed by atoms with Gasteiger partial charge in [0, 0.05) is 3.92 Å². The minimum absolute atomic E-state index is 0.0220. The van der Waals surface area contributed by atoms with Crippen LogP contribution in [0, 0.1) is 39.4 Å². The molecule has 8 unspecified atom stereocenters. The lowest BCUT2D eigenvalue weighted by Crippen LogP contribution is -2.64. The normalized spacial score (nSPS) is 37.8. The van der Waals surface area contributed by atoms with Crippen LogP contribution in [0.1, 0.15) is 127 Å². The van der Waals surface area contributed by atoms with Crippen molar-refractivity contribution >= 4 is 51.5 Å². The van der Waals surface area contributed by atoms with Gasteiger partial charge < -0.3 is 18.4 Å². The average molecular weight is 841 g/mol. The monoisotopic (exact) mass is 840 g/mol. The highest BCUT2D eigenvalue weighted by molar-refractivity contribution is 14.1. The number of rotatable bonds is 17. The quantitative estimate of drug-likeness (QED) is 0.0365. The Bertz CT molecular complexity index is 1210. The van der Waals surface area contributed by atoms with Crippen molar-refractivity contribution < 1.29 is 23.2 Å². The van der Waals surface area contributed by atoms with Gasteiger partial charge in [-0.25, -0.2) is 0 Å². The average Bonchev–Trinajstić information content (AvgIpc) is 3.11. The maximum absolute atomic E-state index is 14.4. The molecule has 0 aliphatic heterocycles. The highest BCUT2D eigenvalue weighted by Crippen LogP contribution is 2.71. The fraction of sp³-hybridized carbons (Fsp3) is 0.857. The second kappa shape index (κ2) is 16.6. The number of hydrogen-bond donors (Lipinski definition) is 0. The summed E-state index contributed by atoms with van der Waals surface area (Å²) < 4.78 is 21.2. The second-order valence-corrected chi connectivity index (χ2v) is 29.3. The van der Waals surface area contributed by atoms with E-state index in [0.717, 1.165) is 94.1 Å². The molecule has 4 rings (SSSR count). The van der Waals surface area contributed by atoms with E-state index >= 15 is 0 Å². The van der Waals surface area contributed by atoms with Crippen LogP contribution in [0.15, 0.2) is 24.3 Å². The number of ether oxygens (including phenoxy) is 1. The first-order chi connectivity index (χ1) is 23.6. The second-order valence-electron chi connectivity index (χ2n) is 17.7. The first-order valence-electron chi connectivity index (χ1n) is 20.6. The fourth-order valence-corrected chi connectivity index (χ4v) is 18.2. The van der Waals surface area contributed by atoms with Gasteiger partial charge in [0.2, 0.25) is 0 Å². The number of alkyl halides is 1. The topological polar surface area (TPSA) is 61.8 Å². The fourth-order valence-electron chi connectivity index (χ4n) is 12.0. The smallest absolute Gasteiger partial charge is 0.315 e. The maximum Gasteiger partial charge on any atom is 0.315 e. The van der Waals surface area contributed by atoms with Crippen molar-refractivity contribution in [2.45, 2.75) is 179 Å². The zero-order valence-corrected chi connectivity index (χ0v) is 37.8. The number of carbonyl (C=O) groups is 2. The summed E-state index contributed by atoms with van der Waals surface area (Å²) in [7, 11) is -3.92. The Morgan fingerprint density at radius 3 is 2.00 bits per heavy atom. The number of aldehydes is 1. The van der Waals surface area contributed by atoms with Crippen molar-refractivity contribution in [1.29, 1.82) is 0 Å². The van der Waals surface area contributed by atoms with Crippen LogP contribution in [0.3, 0.4) is 0 Å². The SMILES string of the molecule is C=CCOC(=O)[C@]1(CC[C@@H](C)I)CC2=CCC3C(C)(CCC4C(C)(C=O)C(O[Si](CC)(CC)CC)CCC43C)C2CC1O[Si](CC)(CC)CC. The first-order valence-corrected chi connectivity index (χ1v) is 26.9. The summed E-state index contributed by atoms with van der Waals surface area (Å²) in [6.07, 6.45) is 14.1. The molecule has 286 valence electrons. The molecule has 0 saturated heterocycles.